The van der Waals surface area contributed by atoms with Crippen LogP contribution in [0.1, 0.15) is 52.4 Å². The summed E-state index contributed by atoms with van der Waals surface area (Å²) < 4.78 is 18.4. The normalized spacial score (nSPS) is 39.4. The molecule has 0 bridgehead atoms. The first-order chi connectivity index (χ1) is 8.74. The first-order valence-corrected chi connectivity index (χ1v) is 8.76. The minimum atomic E-state index is -0.742. The van der Waals surface area contributed by atoms with Gasteiger partial charge in [0, 0.05) is 23.4 Å². The molecule has 1 aliphatic carbocycles. The molecule has 4 heteroatoms. The zero-order chi connectivity index (χ0) is 13.0. The molecular weight excluding hydrogens is 246 g/mol. The Morgan fingerprint density at radius 3 is 2.61 bits per heavy atom. The highest BCUT2D eigenvalue weighted by Gasteiger charge is 2.37. The predicted molar refractivity (Wildman–Crippen MR) is 76.3 cm³/mol. The highest BCUT2D eigenvalue weighted by molar-refractivity contribution is 7.86. The molecule has 2 aliphatic rings. The fourth-order valence-corrected chi connectivity index (χ4v) is 5.48. The van der Waals surface area contributed by atoms with Crippen LogP contribution >= 0.6 is 0 Å². The lowest BCUT2D eigenvalue weighted by molar-refractivity contribution is 0.126. The summed E-state index contributed by atoms with van der Waals surface area (Å²) in [7, 11) is -0.742. The highest BCUT2D eigenvalue weighted by atomic mass is 32.2. The molecular formula is C14H27NO2S. The van der Waals surface area contributed by atoms with Crippen molar-refractivity contribution in [1.29, 1.82) is 0 Å². The topological polar surface area (TPSA) is 38.3 Å². The molecule has 2 fully saturated rings. The van der Waals surface area contributed by atoms with E-state index in [9.17, 15) is 4.21 Å². The first kappa shape index (κ1) is 14.5. The lowest BCUT2D eigenvalue weighted by Crippen LogP contribution is -2.45. The summed E-state index contributed by atoms with van der Waals surface area (Å²) in [5.74, 6) is 0. The Hall–Kier alpha value is 0.0700. The quantitative estimate of drug-likeness (QED) is 0.798. The maximum Gasteiger partial charge on any atom is 0.0691 e. The van der Waals surface area contributed by atoms with Gasteiger partial charge in [0.1, 0.15) is 0 Å². The first-order valence-electron chi connectivity index (χ1n) is 7.48. The summed E-state index contributed by atoms with van der Waals surface area (Å²) in [5.41, 5.74) is 0. The van der Waals surface area contributed by atoms with E-state index in [1.807, 2.05) is 0 Å². The average Bonchev–Trinajstić information content (AvgIpc) is 2.65. The van der Waals surface area contributed by atoms with Crippen molar-refractivity contribution in [2.45, 2.75) is 75.0 Å². The van der Waals surface area contributed by atoms with Crippen LogP contribution < -0.4 is 5.32 Å². The molecule has 106 valence electrons. The van der Waals surface area contributed by atoms with E-state index in [1.54, 1.807) is 0 Å². The molecule has 0 aromatic heterocycles. The van der Waals surface area contributed by atoms with Gasteiger partial charge in [-0.1, -0.05) is 26.2 Å². The molecule has 3 nitrogen and oxygen atoms in total. The van der Waals surface area contributed by atoms with Gasteiger partial charge in [0.2, 0.25) is 0 Å². The second kappa shape index (κ2) is 7.01. The molecule has 1 saturated heterocycles. The fraction of sp³-hybridized carbons (Fsp3) is 1.00. The molecule has 0 radical (unpaired) electrons. The molecule has 1 aliphatic heterocycles. The number of rotatable bonds is 4. The van der Waals surface area contributed by atoms with E-state index in [0.29, 0.717) is 11.3 Å². The summed E-state index contributed by atoms with van der Waals surface area (Å²) in [5, 5.41) is 4.15. The number of hydrogen-bond donors (Lipinski definition) is 1. The van der Waals surface area contributed by atoms with Gasteiger partial charge in [-0.3, -0.25) is 4.21 Å². The van der Waals surface area contributed by atoms with Crippen molar-refractivity contribution in [1.82, 2.24) is 5.32 Å². The van der Waals surface area contributed by atoms with E-state index in [1.165, 1.54) is 25.7 Å². The van der Waals surface area contributed by atoms with Crippen molar-refractivity contribution in [3.8, 4) is 0 Å². The molecule has 1 heterocycles. The van der Waals surface area contributed by atoms with E-state index in [2.05, 4.69) is 19.2 Å². The summed E-state index contributed by atoms with van der Waals surface area (Å²) >= 11 is 0. The van der Waals surface area contributed by atoms with Gasteiger partial charge in [0.25, 0.3) is 0 Å². The molecule has 0 aromatic carbocycles. The van der Waals surface area contributed by atoms with E-state index >= 15 is 0 Å². The zero-order valence-electron chi connectivity index (χ0n) is 11.7. The van der Waals surface area contributed by atoms with E-state index < -0.39 is 10.8 Å². The Balaban J connectivity index is 2.04. The van der Waals surface area contributed by atoms with Crippen LogP contribution in [-0.4, -0.2) is 40.0 Å². The zero-order valence-corrected chi connectivity index (χ0v) is 12.5. The van der Waals surface area contributed by atoms with Crippen LogP contribution in [0.4, 0.5) is 0 Å². The summed E-state index contributed by atoms with van der Waals surface area (Å²) in [6, 6.07) is 0.450. The van der Waals surface area contributed by atoms with Gasteiger partial charge in [-0.25, -0.2) is 0 Å². The van der Waals surface area contributed by atoms with Gasteiger partial charge >= 0.3 is 0 Å². The van der Waals surface area contributed by atoms with Crippen LogP contribution in [0.5, 0.6) is 0 Å². The Labute approximate surface area is 114 Å². The van der Waals surface area contributed by atoms with Crippen molar-refractivity contribution in [3.05, 3.63) is 0 Å². The average molecular weight is 273 g/mol. The van der Waals surface area contributed by atoms with Crippen LogP contribution in [0.3, 0.4) is 0 Å². The molecule has 0 aromatic rings. The molecule has 0 amide bonds. The summed E-state index contributed by atoms with van der Waals surface area (Å²) in [4.78, 5) is 0. The second-order valence-corrected chi connectivity index (χ2v) is 7.44. The van der Waals surface area contributed by atoms with E-state index in [0.717, 1.165) is 26.0 Å². The standard InChI is InChI=1S/C14H27NO2S/c1-3-15-12-7-5-4-6-8-14(12)18(16)13-9-10-17-11(13)2/h11-15H,3-10H2,1-2H3. The number of ether oxygens (including phenoxy) is 1. The molecule has 5 atom stereocenters. The molecule has 2 rings (SSSR count). The summed E-state index contributed by atoms with van der Waals surface area (Å²) in [6.07, 6.45) is 7.27. The fourth-order valence-electron chi connectivity index (χ4n) is 3.29. The largest absolute Gasteiger partial charge is 0.377 e. The second-order valence-electron chi connectivity index (χ2n) is 5.57. The Bertz CT molecular complexity index is 285. The molecule has 5 unspecified atom stereocenters. The van der Waals surface area contributed by atoms with Crippen LogP contribution in [0, 0.1) is 0 Å². The molecule has 18 heavy (non-hydrogen) atoms. The highest BCUT2D eigenvalue weighted by Crippen LogP contribution is 2.28. The van der Waals surface area contributed by atoms with Crippen molar-refractivity contribution >= 4 is 10.8 Å². The van der Waals surface area contributed by atoms with Crippen LogP contribution in [0.15, 0.2) is 0 Å². The lowest BCUT2D eigenvalue weighted by atomic mass is 10.1. The SMILES string of the molecule is CCNC1CCCCCC1S(=O)C1CCOC1C. The maximum absolute atomic E-state index is 12.8. The minimum absolute atomic E-state index is 0.177. The minimum Gasteiger partial charge on any atom is -0.377 e. The third-order valence-electron chi connectivity index (χ3n) is 4.32. The van der Waals surface area contributed by atoms with Crippen molar-refractivity contribution in [3.63, 3.8) is 0 Å². The monoisotopic (exact) mass is 273 g/mol. The molecule has 0 spiro atoms. The number of nitrogens with one attached hydrogen (secondary N) is 1. The van der Waals surface area contributed by atoms with Crippen LogP contribution in [0.25, 0.3) is 0 Å². The van der Waals surface area contributed by atoms with Gasteiger partial charge in [0.05, 0.1) is 16.6 Å². The third kappa shape index (κ3) is 3.34. The van der Waals surface area contributed by atoms with Gasteiger partial charge in [0.15, 0.2) is 0 Å². The van der Waals surface area contributed by atoms with Crippen molar-refractivity contribution in [2.24, 2.45) is 0 Å². The Morgan fingerprint density at radius 1 is 1.17 bits per heavy atom. The predicted octanol–water partition coefficient (Wildman–Crippen LogP) is 2.22. The number of hydrogen-bond acceptors (Lipinski definition) is 3. The van der Waals surface area contributed by atoms with E-state index in [4.69, 9.17) is 4.74 Å². The van der Waals surface area contributed by atoms with Crippen LogP contribution in [-0.2, 0) is 15.5 Å². The molecule has 1 saturated carbocycles. The van der Waals surface area contributed by atoms with Gasteiger partial charge in [-0.15, -0.1) is 0 Å². The van der Waals surface area contributed by atoms with E-state index in [-0.39, 0.29) is 11.4 Å². The van der Waals surface area contributed by atoms with Crippen LogP contribution in [0.2, 0.25) is 0 Å². The Morgan fingerprint density at radius 2 is 1.94 bits per heavy atom. The smallest absolute Gasteiger partial charge is 0.0691 e. The summed E-state index contributed by atoms with van der Waals surface area (Å²) in [6.45, 7) is 5.99. The van der Waals surface area contributed by atoms with Crippen molar-refractivity contribution in [2.75, 3.05) is 13.2 Å². The third-order valence-corrected chi connectivity index (χ3v) is 6.70. The van der Waals surface area contributed by atoms with Gasteiger partial charge in [-0.2, -0.15) is 0 Å². The van der Waals surface area contributed by atoms with Gasteiger partial charge in [-0.05, 0) is 32.7 Å². The van der Waals surface area contributed by atoms with Gasteiger partial charge < -0.3 is 10.1 Å². The Kier molecular flexibility index (Phi) is 5.64. The molecule has 1 N–H and O–H groups in total. The lowest BCUT2D eigenvalue weighted by Gasteiger charge is -2.28. The van der Waals surface area contributed by atoms with Crippen molar-refractivity contribution < 1.29 is 8.95 Å². The maximum atomic E-state index is 12.8.